The maximum atomic E-state index is 5.62. The van der Waals surface area contributed by atoms with Gasteiger partial charge in [0.1, 0.15) is 5.69 Å². The Labute approximate surface area is 181 Å². The van der Waals surface area contributed by atoms with Crippen molar-refractivity contribution in [3.05, 3.63) is 113 Å². The van der Waals surface area contributed by atoms with Gasteiger partial charge in [-0.3, -0.25) is 5.14 Å². The van der Waals surface area contributed by atoms with Crippen LogP contribution in [0.2, 0.25) is 0 Å². The van der Waals surface area contributed by atoms with Gasteiger partial charge in [-0.25, -0.2) is 4.98 Å². The number of benzene rings is 2. The summed E-state index contributed by atoms with van der Waals surface area (Å²) in [6.07, 6.45) is 6.67. The molecule has 4 heteroatoms. The van der Waals surface area contributed by atoms with Gasteiger partial charge in [0.05, 0.1) is 5.70 Å². The predicted octanol–water partition coefficient (Wildman–Crippen LogP) is 5.25. The minimum Gasteiger partial charge on any atom is -0.337 e. The summed E-state index contributed by atoms with van der Waals surface area (Å²) in [5, 5.41) is 5.62. The first kappa shape index (κ1) is 19.8. The van der Waals surface area contributed by atoms with Crippen LogP contribution in [0.25, 0.3) is 11.8 Å². The SMILES string of the molecule is C=C=C1c2cc(C#CCc3ccccc3)ncc2C=CN1Cc1ccc(SN)cc1. The van der Waals surface area contributed by atoms with Crippen molar-refractivity contribution in [2.24, 2.45) is 5.14 Å². The van der Waals surface area contributed by atoms with E-state index in [0.29, 0.717) is 6.42 Å². The summed E-state index contributed by atoms with van der Waals surface area (Å²) < 4.78 is 0. The Hall–Kier alpha value is -3.48. The van der Waals surface area contributed by atoms with Crippen LogP contribution < -0.4 is 5.14 Å². The first-order chi connectivity index (χ1) is 14.8. The van der Waals surface area contributed by atoms with E-state index in [0.717, 1.165) is 34.0 Å². The van der Waals surface area contributed by atoms with E-state index in [-0.39, 0.29) is 0 Å². The van der Waals surface area contributed by atoms with Gasteiger partial charge in [0.2, 0.25) is 0 Å². The Morgan fingerprint density at radius 3 is 2.57 bits per heavy atom. The fraction of sp³-hybridized carbons (Fsp3) is 0.0769. The van der Waals surface area contributed by atoms with Gasteiger partial charge < -0.3 is 4.90 Å². The molecule has 2 N–H and O–H groups in total. The van der Waals surface area contributed by atoms with E-state index in [1.165, 1.54) is 23.1 Å². The molecule has 1 aromatic heterocycles. The van der Waals surface area contributed by atoms with E-state index in [9.17, 15) is 0 Å². The van der Waals surface area contributed by atoms with Gasteiger partial charge >= 0.3 is 0 Å². The van der Waals surface area contributed by atoms with Crippen LogP contribution in [-0.2, 0) is 13.0 Å². The lowest BCUT2D eigenvalue weighted by molar-refractivity contribution is 0.526. The molecule has 2 heterocycles. The zero-order valence-electron chi connectivity index (χ0n) is 16.5. The number of hydrogen-bond acceptors (Lipinski definition) is 4. The summed E-state index contributed by atoms with van der Waals surface area (Å²) in [7, 11) is 0. The Morgan fingerprint density at radius 2 is 1.83 bits per heavy atom. The Kier molecular flexibility index (Phi) is 6.17. The lowest BCUT2D eigenvalue weighted by Crippen LogP contribution is -2.18. The average molecular weight is 408 g/mol. The highest BCUT2D eigenvalue weighted by Crippen LogP contribution is 2.30. The molecule has 1 aliphatic rings. The second-order valence-electron chi connectivity index (χ2n) is 6.85. The van der Waals surface area contributed by atoms with Crippen molar-refractivity contribution in [2.75, 3.05) is 0 Å². The standard InChI is InChI=1S/C26H21N3S/c1-2-26-25-17-23(10-6-9-20-7-4-3-5-8-20)28-18-22(25)15-16-29(26)19-21-11-13-24(30-27)14-12-21/h3-5,7-8,11-18H,1,9,19,27H2. The molecule has 0 radical (unpaired) electrons. The van der Waals surface area contributed by atoms with E-state index < -0.39 is 0 Å². The van der Waals surface area contributed by atoms with Gasteiger partial charge in [-0.2, -0.15) is 0 Å². The second-order valence-corrected chi connectivity index (χ2v) is 7.56. The van der Waals surface area contributed by atoms with Gasteiger partial charge in [-0.05, 0) is 53.3 Å². The number of rotatable bonds is 4. The fourth-order valence-electron chi connectivity index (χ4n) is 3.30. The molecule has 0 unspecified atom stereocenters. The van der Waals surface area contributed by atoms with E-state index >= 15 is 0 Å². The van der Waals surface area contributed by atoms with Crippen LogP contribution in [0.4, 0.5) is 0 Å². The molecule has 0 bridgehead atoms. The van der Waals surface area contributed by atoms with Crippen LogP contribution in [0.15, 0.2) is 90.3 Å². The molecule has 0 spiro atoms. The quantitative estimate of drug-likeness (QED) is 0.364. The van der Waals surface area contributed by atoms with Gasteiger partial charge in [0.25, 0.3) is 0 Å². The lowest BCUT2D eigenvalue weighted by atomic mass is 10.0. The molecular weight excluding hydrogens is 386 g/mol. The second kappa shape index (κ2) is 9.35. The Bertz CT molecular complexity index is 1180. The molecule has 0 amide bonds. The van der Waals surface area contributed by atoms with Gasteiger partial charge in [-0.15, -0.1) is 5.73 Å². The van der Waals surface area contributed by atoms with E-state index in [2.05, 4.69) is 64.4 Å². The van der Waals surface area contributed by atoms with Crippen molar-refractivity contribution in [1.82, 2.24) is 9.88 Å². The Balaban J connectivity index is 1.55. The predicted molar refractivity (Wildman–Crippen MR) is 125 cm³/mol. The van der Waals surface area contributed by atoms with Crippen molar-refractivity contribution in [3.8, 4) is 11.8 Å². The number of hydrogen-bond donors (Lipinski definition) is 1. The van der Waals surface area contributed by atoms with Crippen molar-refractivity contribution < 1.29 is 0 Å². The number of pyridine rings is 1. The third-order valence-electron chi connectivity index (χ3n) is 4.84. The summed E-state index contributed by atoms with van der Waals surface area (Å²) in [5.74, 6) is 6.40. The molecule has 0 atom stereocenters. The maximum Gasteiger partial charge on any atom is 0.113 e. The molecule has 2 aromatic carbocycles. The normalized spacial score (nSPS) is 12.0. The van der Waals surface area contributed by atoms with Crippen LogP contribution in [-0.4, -0.2) is 9.88 Å². The summed E-state index contributed by atoms with van der Waals surface area (Å²) in [4.78, 5) is 7.69. The summed E-state index contributed by atoms with van der Waals surface area (Å²) in [6.45, 7) is 4.64. The minimum absolute atomic E-state index is 0.701. The number of aromatic nitrogens is 1. The fourth-order valence-corrected chi connectivity index (χ4v) is 3.60. The molecule has 4 rings (SSSR count). The van der Waals surface area contributed by atoms with Gasteiger partial charge in [0.15, 0.2) is 0 Å². The van der Waals surface area contributed by atoms with Crippen molar-refractivity contribution in [3.63, 3.8) is 0 Å². The smallest absolute Gasteiger partial charge is 0.113 e. The highest BCUT2D eigenvalue weighted by atomic mass is 32.2. The third-order valence-corrected chi connectivity index (χ3v) is 5.39. The number of nitrogens with zero attached hydrogens (tertiary/aromatic N) is 2. The lowest BCUT2D eigenvalue weighted by Gasteiger charge is -2.27. The van der Waals surface area contributed by atoms with E-state index in [1.807, 2.05) is 48.8 Å². The Morgan fingerprint density at radius 1 is 1.03 bits per heavy atom. The van der Waals surface area contributed by atoms with Crippen molar-refractivity contribution in [1.29, 1.82) is 0 Å². The topological polar surface area (TPSA) is 42.2 Å². The van der Waals surface area contributed by atoms with Gasteiger partial charge in [-0.1, -0.05) is 55.0 Å². The minimum atomic E-state index is 0.701. The largest absolute Gasteiger partial charge is 0.337 e. The molecule has 3 aromatic rings. The molecule has 0 fully saturated rings. The van der Waals surface area contributed by atoms with Crippen LogP contribution >= 0.6 is 11.9 Å². The van der Waals surface area contributed by atoms with Crippen molar-refractivity contribution in [2.45, 2.75) is 17.9 Å². The molecule has 30 heavy (non-hydrogen) atoms. The van der Waals surface area contributed by atoms with Crippen molar-refractivity contribution >= 4 is 23.7 Å². The van der Waals surface area contributed by atoms with Gasteiger partial charge in [0, 0.05) is 41.4 Å². The number of fused-ring (bicyclic) bond motifs is 1. The number of nitrogens with two attached hydrogens (primary N) is 1. The average Bonchev–Trinajstić information content (AvgIpc) is 2.80. The first-order valence-electron chi connectivity index (χ1n) is 9.60. The van der Waals surface area contributed by atoms with E-state index in [4.69, 9.17) is 5.14 Å². The van der Waals surface area contributed by atoms with Crippen LogP contribution in [0.3, 0.4) is 0 Å². The highest BCUT2D eigenvalue weighted by Gasteiger charge is 2.18. The maximum absolute atomic E-state index is 5.62. The van der Waals surface area contributed by atoms with Crippen LogP contribution in [0.1, 0.15) is 27.9 Å². The molecule has 0 saturated carbocycles. The molecule has 1 aliphatic heterocycles. The molecule has 3 nitrogen and oxygen atoms in total. The summed E-state index contributed by atoms with van der Waals surface area (Å²) >= 11 is 1.25. The molecule has 0 aliphatic carbocycles. The van der Waals surface area contributed by atoms with Crippen LogP contribution in [0.5, 0.6) is 0 Å². The zero-order chi connectivity index (χ0) is 20.8. The van der Waals surface area contributed by atoms with E-state index in [1.54, 1.807) is 0 Å². The molecule has 0 saturated heterocycles. The monoisotopic (exact) mass is 407 g/mol. The highest BCUT2D eigenvalue weighted by molar-refractivity contribution is 7.97. The van der Waals surface area contributed by atoms with Crippen LogP contribution in [0, 0.1) is 11.8 Å². The summed E-state index contributed by atoms with van der Waals surface area (Å²) in [5.41, 5.74) is 9.25. The first-order valence-corrected chi connectivity index (χ1v) is 10.5. The zero-order valence-corrected chi connectivity index (χ0v) is 17.3. The molecular formula is C26H21N3S. The summed E-state index contributed by atoms with van der Waals surface area (Å²) in [6, 6.07) is 20.5. The molecule has 146 valence electrons. The third kappa shape index (κ3) is 4.56.